The maximum atomic E-state index is 12.8. The lowest BCUT2D eigenvalue weighted by Crippen LogP contribution is -2.06. The predicted octanol–water partition coefficient (Wildman–Crippen LogP) is 4.06. The first-order valence-corrected chi connectivity index (χ1v) is 6.17. The van der Waals surface area contributed by atoms with Crippen molar-refractivity contribution >= 4 is 5.69 Å². The molecule has 96 valence electrons. The number of benzene rings is 2. The van der Waals surface area contributed by atoms with E-state index < -0.39 is 0 Å². The number of anilines is 1. The zero-order valence-corrected chi connectivity index (χ0v) is 10.7. The molecule has 2 rings (SSSR count). The van der Waals surface area contributed by atoms with Gasteiger partial charge in [0.1, 0.15) is 5.82 Å². The van der Waals surface area contributed by atoms with E-state index in [2.05, 4.69) is 11.4 Å². The summed E-state index contributed by atoms with van der Waals surface area (Å²) in [5.41, 5.74) is 3.02. The van der Waals surface area contributed by atoms with Gasteiger partial charge in [0.2, 0.25) is 0 Å². The molecule has 0 amide bonds. The van der Waals surface area contributed by atoms with Crippen LogP contribution in [0.3, 0.4) is 0 Å². The molecule has 2 nitrogen and oxygen atoms in total. The molecule has 0 aromatic heterocycles. The summed E-state index contributed by atoms with van der Waals surface area (Å²) in [4.78, 5) is 0. The van der Waals surface area contributed by atoms with Crippen LogP contribution in [0.1, 0.15) is 24.1 Å². The Kier molecular flexibility index (Phi) is 4.15. The Hall–Kier alpha value is -2.34. The molecule has 2 aromatic rings. The number of halogens is 1. The number of nitriles is 1. The van der Waals surface area contributed by atoms with Gasteiger partial charge in [0, 0.05) is 11.7 Å². The predicted molar refractivity (Wildman–Crippen MR) is 74.2 cm³/mol. The van der Waals surface area contributed by atoms with Crippen LogP contribution in [0.25, 0.3) is 0 Å². The largest absolute Gasteiger partial charge is 0.379 e. The molecule has 0 saturated heterocycles. The maximum Gasteiger partial charge on any atom is 0.123 e. The third kappa shape index (κ3) is 3.56. The summed E-state index contributed by atoms with van der Waals surface area (Å²) in [6, 6.07) is 16.5. The molecule has 0 spiro atoms. The zero-order valence-electron chi connectivity index (χ0n) is 10.7. The summed E-state index contributed by atoms with van der Waals surface area (Å²) >= 11 is 0. The second-order valence-electron chi connectivity index (χ2n) is 4.45. The van der Waals surface area contributed by atoms with Gasteiger partial charge in [-0.1, -0.05) is 24.3 Å². The quantitative estimate of drug-likeness (QED) is 0.892. The Morgan fingerprint density at radius 2 is 1.74 bits per heavy atom. The molecule has 0 aliphatic heterocycles. The van der Waals surface area contributed by atoms with Gasteiger partial charge in [0.05, 0.1) is 12.5 Å². The molecule has 0 radical (unpaired) electrons. The molecular weight excluding hydrogens is 239 g/mol. The highest BCUT2D eigenvalue weighted by atomic mass is 19.1. The monoisotopic (exact) mass is 254 g/mol. The van der Waals surface area contributed by atoms with Crippen LogP contribution in [0.2, 0.25) is 0 Å². The minimum Gasteiger partial charge on any atom is -0.379 e. The highest BCUT2D eigenvalue weighted by Gasteiger charge is 2.05. The topological polar surface area (TPSA) is 35.8 Å². The second kappa shape index (κ2) is 6.01. The smallest absolute Gasteiger partial charge is 0.123 e. The van der Waals surface area contributed by atoms with Crippen molar-refractivity contribution in [3.63, 3.8) is 0 Å². The van der Waals surface area contributed by atoms with E-state index in [9.17, 15) is 4.39 Å². The molecule has 1 atom stereocenters. The minimum atomic E-state index is -0.225. The number of rotatable bonds is 4. The molecule has 0 fully saturated rings. The number of hydrogen-bond donors (Lipinski definition) is 1. The van der Waals surface area contributed by atoms with Crippen LogP contribution < -0.4 is 5.32 Å². The molecule has 0 aliphatic carbocycles. The molecule has 0 saturated carbocycles. The maximum absolute atomic E-state index is 12.8. The molecule has 19 heavy (non-hydrogen) atoms. The fraction of sp³-hybridized carbons (Fsp3) is 0.188. The first kappa shape index (κ1) is 13.1. The van der Waals surface area contributed by atoms with Crippen LogP contribution in [0.5, 0.6) is 0 Å². The molecule has 1 N–H and O–H groups in total. The van der Waals surface area contributed by atoms with Gasteiger partial charge in [-0.25, -0.2) is 4.39 Å². The molecule has 1 unspecified atom stereocenters. The van der Waals surface area contributed by atoms with E-state index in [0.29, 0.717) is 6.42 Å². The van der Waals surface area contributed by atoms with Gasteiger partial charge in [-0.05, 0) is 42.3 Å². The lowest BCUT2D eigenvalue weighted by molar-refractivity contribution is 0.626. The van der Waals surface area contributed by atoms with Gasteiger partial charge in [-0.2, -0.15) is 5.26 Å². The van der Waals surface area contributed by atoms with E-state index in [4.69, 9.17) is 5.26 Å². The van der Waals surface area contributed by atoms with Gasteiger partial charge in [0.15, 0.2) is 0 Å². The summed E-state index contributed by atoms with van der Waals surface area (Å²) in [6.45, 7) is 2.02. The van der Waals surface area contributed by atoms with Crippen LogP contribution in [-0.4, -0.2) is 0 Å². The van der Waals surface area contributed by atoms with Crippen LogP contribution >= 0.6 is 0 Å². The fourth-order valence-electron chi connectivity index (χ4n) is 1.89. The Morgan fingerprint density at radius 1 is 1.11 bits per heavy atom. The van der Waals surface area contributed by atoms with Crippen molar-refractivity contribution in [3.05, 3.63) is 65.5 Å². The summed E-state index contributed by atoms with van der Waals surface area (Å²) in [7, 11) is 0. The molecule has 0 aliphatic rings. The van der Waals surface area contributed by atoms with Gasteiger partial charge >= 0.3 is 0 Å². The molecule has 2 aromatic carbocycles. The van der Waals surface area contributed by atoms with E-state index >= 15 is 0 Å². The van der Waals surface area contributed by atoms with Crippen LogP contribution in [0.15, 0.2) is 48.5 Å². The number of nitrogens with one attached hydrogen (secondary N) is 1. The first-order valence-electron chi connectivity index (χ1n) is 6.17. The highest BCUT2D eigenvalue weighted by Crippen LogP contribution is 2.19. The van der Waals surface area contributed by atoms with Crippen molar-refractivity contribution < 1.29 is 4.39 Å². The fourth-order valence-corrected chi connectivity index (χ4v) is 1.89. The third-order valence-corrected chi connectivity index (χ3v) is 2.99. The lowest BCUT2D eigenvalue weighted by atomic mass is 10.1. The van der Waals surface area contributed by atoms with Crippen molar-refractivity contribution in [1.29, 1.82) is 5.26 Å². The van der Waals surface area contributed by atoms with E-state index in [1.807, 2.05) is 31.2 Å². The second-order valence-corrected chi connectivity index (χ2v) is 4.45. The van der Waals surface area contributed by atoms with Gasteiger partial charge in [-0.15, -0.1) is 0 Å². The Balaban J connectivity index is 2.04. The van der Waals surface area contributed by atoms with Crippen molar-refractivity contribution in [2.24, 2.45) is 0 Å². The third-order valence-electron chi connectivity index (χ3n) is 2.99. The van der Waals surface area contributed by atoms with Gasteiger partial charge in [-0.3, -0.25) is 0 Å². The minimum absolute atomic E-state index is 0.0995. The van der Waals surface area contributed by atoms with Gasteiger partial charge in [0.25, 0.3) is 0 Å². The molecule has 0 heterocycles. The van der Waals surface area contributed by atoms with Crippen molar-refractivity contribution in [3.8, 4) is 6.07 Å². The SMILES string of the molecule is CC(Nc1ccc(CC#N)cc1)c1ccc(F)cc1. The van der Waals surface area contributed by atoms with E-state index in [-0.39, 0.29) is 11.9 Å². The van der Waals surface area contributed by atoms with Gasteiger partial charge < -0.3 is 5.32 Å². The summed E-state index contributed by atoms with van der Waals surface area (Å²) in [5.74, 6) is -0.225. The molecule has 0 bridgehead atoms. The van der Waals surface area contributed by atoms with Crippen molar-refractivity contribution in [2.75, 3.05) is 5.32 Å². The normalized spacial score (nSPS) is 11.6. The van der Waals surface area contributed by atoms with Crippen molar-refractivity contribution in [2.45, 2.75) is 19.4 Å². The van der Waals surface area contributed by atoms with E-state index in [1.54, 1.807) is 12.1 Å². The van der Waals surface area contributed by atoms with Crippen LogP contribution in [-0.2, 0) is 6.42 Å². The summed E-state index contributed by atoms with van der Waals surface area (Å²) < 4.78 is 12.8. The van der Waals surface area contributed by atoms with E-state index in [0.717, 1.165) is 16.8 Å². The lowest BCUT2D eigenvalue weighted by Gasteiger charge is -2.15. The highest BCUT2D eigenvalue weighted by molar-refractivity contribution is 5.47. The summed E-state index contributed by atoms with van der Waals surface area (Å²) in [6.07, 6.45) is 0.424. The Bertz CT molecular complexity index is 567. The zero-order chi connectivity index (χ0) is 13.7. The Labute approximate surface area is 112 Å². The first-order chi connectivity index (χ1) is 9.19. The van der Waals surface area contributed by atoms with Crippen molar-refractivity contribution in [1.82, 2.24) is 0 Å². The van der Waals surface area contributed by atoms with E-state index in [1.165, 1.54) is 12.1 Å². The van der Waals surface area contributed by atoms with Crippen LogP contribution in [0.4, 0.5) is 10.1 Å². The molecular formula is C16H15FN2. The van der Waals surface area contributed by atoms with Crippen LogP contribution in [0, 0.1) is 17.1 Å². The Morgan fingerprint density at radius 3 is 2.32 bits per heavy atom. The number of hydrogen-bond acceptors (Lipinski definition) is 2. The average molecular weight is 254 g/mol. The molecule has 3 heteroatoms. The number of nitrogens with zero attached hydrogens (tertiary/aromatic N) is 1. The summed E-state index contributed by atoms with van der Waals surface area (Å²) in [5, 5.41) is 12.0. The standard InChI is InChI=1S/C16H15FN2/c1-12(14-4-6-15(17)7-5-14)19-16-8-2-13(3-9-16)10-11-18/h2-9,12,19H,10H2,1H3. The average Bonchev–Trinajstić information content (AvgIpc) is 2.42.